The molecule has 3 aromatic rings. The van der Waals surface area contributed by atoms with Crippen molar-refractivity contribution in [1.82, 2.24) is 14.9 Å². The fraction of sp³-hybridized carbons (Fsp3) is 0.389. The average molecular weight is 311 g/mol. The highest BCUT2D eigenvalue weighted by molar-refractivity contribution is 5.77. The number of aliphatic hydroxyl groups excluding tert-OH is 1. The number of imidazole rings is 1. The Morgan fingerprint density at radius 2 is 2.26 bits per heavy atom. The number of nitrogens with one attached hydrogen (secondary N) is 1. The molecule has 0 spiro atoms. The van der Waals surface area contributed by atoms with Crippen molar-refractivity contribution in [2.24, 2.45) is 5.92 Å². The second kappa shape index (κ2) is 6.18. The fourth-order valence-electron chi connectivity index (χ4n) is 3.55. The minimum atomic E-state index is -0.277. The van der Waals surface area contributed by atoms with E-state index in [-0.39, 0.29) is 12.1 Å². The molecule has 1 unspecified atom stereocenters. The number of aliphatic hydroxyl groups is 1. The lowest BCUT2D eigenvalue weighted by molar-refractivity contribution is 0.145. The first kappa shape index (κ1) is 14.5. The third-order valence-corrected chi connectivity index (χ3v) is 4.74. The maximum absolute atomic E-state index is 10.3. The average Bonchev–Trinajstić information content (AvgIpc) is 3.26. The molecule has 1 aliphatic rings. The van der Waals surface area contributed by atoms with Gasteiger partial charge in [-0.3, -0.25) is 0 Å². The lowest BCUT2D eigenvalue weighted by atomic mass is 10.1. The number of benzene rings is 1. The van der Waals surface area contributed by atoms with Gasteiger partial charge in [0.25, 0.3) is 0 Å². The molecular formula is C18H21N3O2. The lowest BCUT2D eigenvalue weighted by Gasteiger charge is -2.16. The van der Waals surface area contributed by atoms with Crippen LogP contribution in [0.4, 0.5) is 0 Å². The van der Waals surface area contributed by atoms with E-state index < -0.39 is 0 Å². The summed E-state index contributed by atoms with van der Waals surface area (Å²) in [7, 11) is 0. The SMILES string of the molecule is O[C@@H]1CC(Cn2ccnc2)C[C@H]1NCc1ccc2occc2c1. The second-order valence-corrected chi connectivity index (χ2v) is 6.44. The van der Waals surface area contributed by atoms with Gasteiger partial charge in [-0.05, 0) is 42.5 Å². The summed E-state index contributed by atoms with van der Waals surface area (Å²) in [5.41, 5.74) is 2.12. The number of rotatable bonds is 5. The summed E-state index contributed by atoms with van der Waals surface area (Å²) in [6.45, 7) is 1.69. The van der Waals surface area contributed by atoms with E-state index in [1.165, 1.54) is 5.56 Å². The molecule has 0 aliphatic heterocycles. The van der Waals surface area contributed by atoms with Crippen LogP contribution in [0.5, 0.6) is 0 Å². The van der Waals surface area contributed by atoms with Crippen LogP contribution in [0.2, 0.25) is 0 Å². The second-order valence-electron chi connectivity index (χ2n) is 6.44. The molecule has 4 rings (SSSR count). The van der Waals surface area contributed by atoms with Crippen molar-refractivity contribution in [3.63, 3.8) is 0 Å². The van der Waals surface area contributed by atoms with Gasteiger partial charge in [0.15, 0.2) is 0 Å². The van der Waals surface area contributed by atoms with Gasteiger partial charge >= 0.3 is 0 Å². The maximum atomic E-state index is 10.3. The highest BCUT2D eigenvalue weighted by Crippen LogP contribution is 2.28. The molecule has 1 saturated carbocycles. The Labute approximate surface area is 134 Å². The largest absolute Gasteiger partial charge is 0.464 e. The zero-order chi connectivity index (χ0) is 15.6. The van der Waals surface area contributed by atoms with E-state index in [1.807, 2.05) is 24.7 Å². The van der Waals surface area contributed by atoms with Gasteiger partial charge in [0.2, 0.25) is 0 Å². The van der Waals surface area contributed by atoms with Crippen molar-refractivity contribution in [3.05, 3.63) is 54.8 Å². The summed E-state index contributed by atoms with van der Waals surface area (Å²) in [4.78, 5) is 4.08. The van der Waals surface area contributed by atoms with E-state index in [2.05, 4.69) is 27.0 Å². The molecular weight excluding hydrogens is 290 g/mol. The molecule has 120 valence electrons. The maximum Gasteiger partial charge on any atom is 0.133 e. The van der Waals surface area contributed by atoms with Crippen molar-refractivity contribution >= 4 is 11.0 Å². The van der Waals surface area contributed by atoms with Crippen LogP contribution in [-0.2, 0) is 13.1 Å². The molecule has 0 amide bonds. The third-order valence-electron chi connectivity index (χ3n) is 4.74. The molecule has 0 radical (unpaired) electrons. The number of aromatic nitrogens is 2. The highest BCUT2D eigenvalue weighted by Gasteiger charge is 2.32. The lowest BCUT2D eigenvalue weighted by Crippen LogP contribution is -2.35. The fourth-order valence-corrected chi connectivity index (χ4v) is 3.55. The highest BCUT2D eigenvalue weighted by atomic mass is 16.3. The van der Waals surface area contributed by atoms with Gasteiger partial charge < -0.3 is 19.4 Å². The molecule has 2 heterocycles. The van der Waals surface area contributed by atoms with Gasteiger partial charge in [0.1, 0.15) is 5.58 Å². The van der Waals surface area contributed by atoms with E-state index in [0.717, 1.165) is 36.9 Å². The molecule has 5 heteroatoms. The first-order chi connectivity index (χ1) is 11.3. The van der Waals surface area contributed by atoms with E-state index >= 15 is 0 Å². The molecule has 2 N–H and O–H groups in total. The molecule has 1 fully saturated rings. The van der Waals surface area contributed by atoms with Gasteiger partial charge in [-0.25, -0.2) is 4.98 Å². The van der Waals surface area contributed by atoms with Gasteiger partial charge in [-0.15, -0.1) is 0 Å². The van der Waals surface area contributed by atoms with Gasteiger partial charge in [-0.1, -0.05) is 6.07 Å². The Morgan fingerprint density at radius 3 is 3.13 bits per heavy atom. The summed E-state index contributed by atoms with van der Waals surface area (Å²) >= 11 is 0. The molecule has 23 heavy (non-hydrogen) atoms. The number of furan rings is 1. The van der Waals surface area contributed by atoms with Crippen molar-refractivity contribution in [2.75, 3.05) is 0 Å². The van der Waals surface area contributed by atoms with Crippen LogP contribution < -0.4 is 5.32 Å². The van der Waals surface area contributed by atoms with Gasteiger partial charge in [0, 0.05) is 36.9 Å². The van der Waals surface area contributed by atoms with E-state index in [1.54, 1.807) is 12.5 Å². The molecule has 5 nitrogen and oxygen atoms in total. The number of hydrogen-bond acceptors (Lipinski definition) is 4. The summed E-state index contributed by atoms with van der Waals surface area (Å²) in [6.07, 6.45) is 8.89. The summed E-state index contributed by atoms with van der Waals surface area (Å²) in [5.74, 6) is 0.494. The monoisotopic (exact) mass is 311 g/mol. The minimum absolute atomic E-state index is 0.156. The van der Waals surface area contributed by atoms with Crippen LogP contribution in [0.1, 0.15) is 18.4 Å². The minimum Gasteiger partial charge on any atom is -0.464 e. The number of fused-ring (bicyclic) bond motifs is 1. The summed E-state index contributed by atoms with van der Waals surface area (Å²) in [5, 5.41) is 14.9. The van der Waals surface area contributed by atoms with Crippen molar-refractivity contribution in [1.29, 1.82) is 0 Å². The molecule has 0 bridgehead atoms. The first-order valence-electron chi connectivity index (χ1n) is 8.11. The van der Waals surface area contributed by atoms with Crippen LogP contribution in [-0.4, -0.2) is 26.8 Å². The van der Waals surface area contributed by atoms with Crippen LogP contribution in [0.15, 0.2) is 53.7 Å². The molecule has 1 aromatic carbocycles. The van der Waals surface area contributed by atoms with Crippen molar-refractivity contribution in [3.8, 4) is 0 Å². The Bertz CT molecular complexity index is 766. The molecule has 2 aromatic heterocycles. The van der Waals surface area contributed by atoms with Crippen molar-refractivity contribution in [2.45, 2.75) is 38.1 Å². The van der Waals surface area contributed by atoms with E-state index in [0.29, 0.717) is 5.92 Å². The Morgan fingerprint density at radius 1 is 1.30 bits per heavy atom. The molecule has 1 aliphatic carbocycles. The van der Waals surface area contributed by atoms with Gasteiger partial charge in [0.05, 0.1) is 18.7 Å². The number of hydrogen-bond donors (Lipinski definition) is 2. The van der Waals surface area contributed by atoms with Crippen LogP contribution in [0, 0.1) is 5.92 Å². The smallest absolute Gasteiger partial charge is 0.133 e. The molecule has 0 saturated heterocycles. The summed E-state index contributed by atoms with van der Waals surface area (Å²) in [6, 6.07) is 8.34. The van der Waals surface area contributed by atoms with Crippen LogP contribution in [0.3, 0.4) is 0 Å². The first-order valence-corrected chi connectivity index (χ1v) is 8.11. The Kier molecular flexibility index (Phi) is 3.89. The quantitative estimate of drug-likeness (QED) is 0.760. The van der Waals surface area contributed by atoms with Gasteiger partial charge in [-0.2, -0.15) is 0 Å². The molecule has 3 atom stereocenters. The zero-order valence-electron chi connectivity index (χ0n) is 12.9. The van der Waals surface area contributed by atoms with Crippen LogP contribution in [0.25, 0.3) is 11.0 Å². The predicted molar refractivity (Wildman–Crippen MR) is 87.8 cm³/mol. The van der Waals surface area contributed by atoms with E-state index in [9.17, 15) is 5.11 Å². The normalized spacial score (nSPS) is 24.5. The summed E-state index contributed by atoms with van der Waals surface area (Å²) < 4.78 is 7.45. The van der Waals surface area contributed by atoms with Crippen molar-refractivity contribution < 1.29 is 9.52 Å². The van der Waals surface area contributed by atoms with E-state index in [4.69, 9.17) is 4.42 Å². The van der Waals surface area contributed by atoms with Crippen LogP contribution >= 0.6 is 0 Å². The topological polar surface area (TPSA) is 63.2 Å². The standard InChI is InChI=1S/C18H21N3O2/c22-17-9-14(11-21-5-4-19-12-21)8-16(17)20-10-13-1-2-18-15(7-13)3-6-23-18/h1-7,12,14,16-17,20,22H,8-11H2/t14?,16-,17-/m1/s1. The zero-order valence-corrected chi connectivity index (χ0v) is 12.9. The number of nitrogens with zero attached hydrogens (tertiary/aromatic N) is 2. The predicted octanol–water partition coefficient (Wildman–Crippen LogP) is 2.56. The Hall–Kier alpha value is -2.11. The Balaban J connectivity index is 1.35. The third kappa shape index (κ3) is 3.16.